The highest BCUT2D eigenvalue weighted by Gasteiger charge is 2.28. The number of piperazine rings is 1. The van der Waals surface area contributed by atoms with E-state index < -0.39 is 0 Å². The Morgan fingerprint density at radius 3 is 2.27 bits per heavy atom. The molecule has 1 aliphatic rings. The molecule has 0 aromatic heterocycles. The monoisotopic (exact) mass is 303 g/mol. The molecule has 1 fully saturated rings. The van der Waals surface area contributed by atoms with Gasteiger partial charge in [-0.2, -0.15) is 0 Å². The van der Waals surface area contributed by atoms with Gasteiger partial charge >= 0.3 is 0 Å². The molecular weight excluding hydrogens is 270 g/mol. The Morgan fingerprint density at radius 1 is 1.18 bits per heavy atom. The minimum absolute atomic E-state index is 0.206. The predicted octanol–water partition coefficient (Wildman–Crippen LogP) is 3.01. The van der Waals surface area contributed by atoms with Crippen LogP contribution in [0.3, 0.4) is 0 Å². The highest BCUT2D eigenvalue weighted by Crippen LogP contribution is 2.27. The first-order valence-corrected chi connectivity index (χ1v) is 8.65. The summed E-state index contributed by atoms with van der Waals surface area (Å²) in [6.45, 7) is 16.5. The summed E-state index contributed by atoms with van der Waals surface area (Å²) in [7, 11) is 0. The van der Waals surface area contributed by atoms with E-state index in [1.54, 1.807) is 0 Å². The molecule has 124 valence electrons. The van der Waals surface area contributed by atoms with Crippen molar-refractivity contribution in [3.8, 4) is 0 Å². The standard InChI is InChI=1S/C19H33N3/c1-6-21-11-12-22(14-15(21)2)18(13-20)16-7-9-17(10-8-16)19(3,4)5/h7-10,15,18H,6,11-14,20H2,1-5H3. The van der Waals surface area contributed by atoms with Crippen LogP contribution in [-0.4, -0.2) is 48.6 Å². The lowest BCUT2D eigenvalue weighted by molar-refractivity contribution is 0.0606. The fourth-order valence-corrected chi connectivity index (χ4v) is 3.48. The quantitative estimate of drug-likeness (QED) is 0.928. The molecule has 2 atom stereocenters. The zero-order valence-corrected chi connectivity index (χ0v) is 15.0. The van der Waals surface area contributed by atoms with Crippen LogP contribution in [0.2, 0.25) is 0 Å². The Morgan fingerprint density at radius 2 is 1.82 bits per heavy atom. The summed E-state index contributed by atoms with van der Waals surface area (Å²) in [4.78, 5) is 5.11. The highest BCUT2D eigenvalue weighted by molar-refractivity contribution is 5.29. The van der Waals surface area contributed by atoms with Crippen molar-refractivity contribution in [3.63, 3.8) is 0 Å². The van der Waals surface area contributed by atoms with E-state index in [2.05, 4.69) is 68.7 Å². The molecule has 0 aliphatic carbocycles. The van der Waals surface area contributed by atoms with Gasteiger partial charge in [-0.1, -0.05) is 52.0 Å². The Labute approximate surface area is 136 Å². The van der Waals surface area contributed by atoms with E-state index in [1.165, 1.54) is 11.1 Å². The molecule has 2 N–H and O–H groups in total. The third-order valence-electron chi connectivity index (χ3n) is 5.03. The van der Waals surface area contributed by atoms with Crippen LogP contribution in [0, 0.1) is 0 Å². The summed E-state index contributed by atoms with van der Waals surface area (Å²) < 4.78 is 0. The molecule has 1 aromatic rings. The van der Waals surface area contributed by atoms with Crippen LogP contribution in [0.4, 0.5) is 0 Å². The first-order valence-electron chi connectivity index (χ1n) is 8.65. The van der Waals surface area contributed by atoms with Crippen molar-refractivity contribution >= 4 is 0 Å². The minimum atomic E-state index is 0.206. The van der Waals surface area contributed by atoms with Crippen LogP contribution in [0.1, 0.15) is 51.8 Å². The average Bonchev–Trinajstić information content (AvgIpc) is 2.48. The maximum Gasteiger partial charge on any atom is 0.0471 e. The molecule has 0 bridgehead atoms. The summed E-state index contributed by atoms with van der Waals surface area (Å²) in [5.74, 6) is 0. The summed E-state index contributed by atoms with van der Waals surface area (Å²) in [5.41, 5.74) is 9.06. The number of nitrogens with two attached hydrogens (primary N) is 1. The maximum absolute atomic E-state index is 6.12. The minimum Gasteiger partial charge on any atom is -0.329 e. The predicted molar refractivity (Wildman–Crippen MR) is 95.2 cm³/mol. The lowest BCUT2D eigenvalue weighted by Crippen LogP contribution is -2.53. The van der Waals surface area contributed by atoms with Crippen LogP contribution < -0.4 is 5.73 Å². The third kappa shape index (κ3) is 3.89. The van der Waals surface area contributed by atoms with Gasteiger partial charge < -0.3 is 5.73 Å². The number of rotatable bonds is 4. The zero-order valence-electron chi connectivity index (χ0n) is 15.0. The molecule has 2 rings (SSSR count). The summed E-state index contributed by atoms with van der Waals surface area (Å²) in [5, 5.41) is 0. The smallest absolute Gasteiger partial charge is 0.0471 e. The molecule has 1 heterocycles. The van der Waals surface area contributed by atoms with Crippen molar-refractivity contribution in [2.24, 2.45) is 5.73 Å². The van der Waals surface area contributed by atoms with Crippen molar-refractivity contribution in [1.82, 2.24) is 9.80 Å². The van der Waals surface area contributed by atoms with Gasteiger partial charge in [0.15, 0.2) is 0 Å². The molecule has 0 spiro atoms. The van der Waals surface area contributed by atoms with E-state index in [1.807, 2.05) is 0 Å². The molecule has 1 saturated heterocycles. The molecule has 3 heteroatoms. The van der Waals surface area contributed by atoms with E-state index in [4.69, 9.17) is 5.73 Å². The Hall–Kier alpha value is -0.900. The van der Waals surface area contributed by atoms with Gasteiger partial charge in [-0.25, -0.2) is 0 Å². The molecule has 0 amide bonds. The molecule has 1 aromatic carbocycles. The Kier molecular flexibility index (Phi) is 5.65. The third-order valence-corrected chi connectivity index (χ3v) is 5.03. The van der Waals surface area contributed by atoms with Gasteiger partial charge in [-0.05, 0) is 30.0 Å². The fraction of sp³-hybridized carbons (Fsp3) is 0.684. The lowest BCUT2D eigenvalue weighted by Gasteiger charge is -2.43. The first kappa shape index (κ1) is 17.5. The molecule has 0 saturated carbocycles. The van der Waals surface area contributed by atoms with E-state index in [0.717, 1.165) is 26.2 Å². The van der Waals surface area contributed by atoms with Gasteiger partial charge in [0, 0.05) is 38.3 Å². The SMILES string of the molecule is CCN1CCN(C(CN)c2ccc(C(C)(C)C)cc2)CC1C. The number of benzene rings is 1. The summed E-state index contributed by atoms with van der Waals surface area (Å²) in [6.07, 6.45) is 0. The van der Waals surface area contributed by atoms with E-state index in [-0.39, 0.29) is 5.41 Å². The molecular formula is C19H33N3. The van der Waals surface area contributed by atoms with Gasteiger partial charge in [0.25, 0.3) is 0 Å². The van der Waals surface area contributed by atoms with E-state index >= 15 is 0 Å². The number of nitrogens with zero attached hydrogens (tertiary/aromatic N) is 2. The van der Waals surface area contributed by atoms with Crippen LogP contribution in [0.5, 0.6) is 0 Å². The van der Waals surface area contributed by atoms with Crippen LogP contribution in [0.15, 0.2) is 24.3 Å². The molecule has 1 aliphatic heterocycles. The van der Waals surface area contributed by atoms with Crippen molar-refractivity contribution in [2.75, 3.05) is 32.7 Å². The van der Waals surface area contributed by atoms with Gasteiger partial charge in [-0.3, -0.25) is 9.80 Å². The molecule has 3 nitrogen and oxygen atoms in total. The van der Waals surface area contributed by atoms with Crippen molar-refractivity contribution in [1.29, 1.82) is 0 Å². The molecule has 22 heavy (non-hydrogen) atoms. The van der Waals surface area contributed by atoms with Crippen molar-refractivity contribution < 1.29 is 0 Å². The van der Waals surface area contributed by atoms with E-state index in [0.29, 0.717) is 18.6 Å². The second-order valence-electron chi connectivity index (χ2n) is 7.60. The molecule has 0 radical (unpaired) electrons. The van der Waals surface area contributed by atoms with E-state index in [9.17, 15) is 0 Å². The zero-order chi connectivity index (χ0) is 16.3. The fourth-order valence-electron chi connectivity index (χ4n) is 3.48. The summed E-state index contributed by atoms with van der Waals surface area (Å²) in [6, 6.07) is 10.0. The van der Waals surface area contributed by atoms with Gasteiger partial charge in [0.2, 0.25) is 0 Å². The number of likely N-dealkylation sites (N-methyl/N-ethyl adjacent to an activating group) is 1. The number of hydrogen-bond donors (Lipinski definition) is 1. The molecule has 2 unspecified atom stereocenters. The first-order chi connectivity index (χ1) is 10.4. The van der Waals surface area contributed by atoms with Crippen molar-refractivity contribution in [3.05, 3.63) is 35.4 Å². The second kappa shape index (κ2) is 7.12. The van der Waals surface area contributed by atoms with Gasteiger partial charge in [0.05, 0.1) is 0 Å². The van der Waals surface area contributed by atoms with Gasteiger partial charge in [0.1, 0.15) is 0 Å². The topological polar surface area (TPSA) is 32.5 Å². The summed E-state index contributed by atoms with van der Waals surface area (Å²) >= 11 is 0. The lowest BCUT2D eigenvalue weighted by atomic mass is 9.86. The average molecular weight is 303 g/mol. The Balaban J connectivity index is 2.12. The van der Waals surface area contributed by atoms with Crippen LogP contribution in [-0.2, 0) is 5.41 Å². The van der Waals surface area contributed by atoms with Gasteiger partial charge in [-0.15, -0.1) is 0 Å². The number of hydrogen-bond acceptors (Lipinski definition) is 3. The maximum atomic E-state index is 6.12. The van der Waals surface area contributed by atoms with Crippen LogP contribution in [0.25, 0.3) is 0 Å². The largest absolute Gasteiger partial charge is 0.329 e. The van der Waals surface area contributed by atoms with Crippen LogP contribution >= 0.6 is 0 Å². The second-order valence-corrected chi connectivity index (χ2v) is 7.60. The highest BCUT2D eigenvalue weighted by atomic mass is 15.3. The van der Waals surface area contributed by atoms with Crippen molar-refractivity contribution in [2.45, 2.75) is 52.1 Å². The normalized spacial score (nSPS) is 22.7. The Bertz CT molecular complexity index is 461.